The molecule has 10 heavy (non-hydrogen) atoms. The van der Waals surface area contributed by atoms with Crippen LogP contribution in [0.3, 0.4) is 0 Å². The van der Waals surface area contributed by atoms with Crippen molar-refractivity contribution in [3.8, 4) is 0 Å². The minimum absolute atomic E-state index is 0.791. The molecule has 5 nitrogen and oxygen atoms in total. The van der Waals surface area contributed by atoms with Gasteiger partial charge >= 0.3 is 5.97 Å². The van der Waals surface area contributed by atoms with E-state index in [9.17, 15) is 4.79 Å². The van der Waals surface area contributed by atoms with Crippen LogP contribution in [0, 0.1) is 0 Å². The van der Waals surface area contributed by atoms with E-state index < -0.39 is 24.3 Å². The molecule has 2 atom stereocenters. The topological polar surface area (TPSA) is 98.0 Å². The Morgan fingerprint density at radius 2 is 2.10 bits per heavy atom. The van der Waals surface area contributed by atoms with Crippen LogP contribution in [0.15, 0.2) is 0 Å². The van der Waals surface area contributed by atoms with Gasteiger partial charge in [0.2, 0.25) is 0 Å². The van der Waals surface area contributed by atoms with Crippen molar-refractivity contribution < 1.29 is 25.2 Å². The number of aliphatic carboxylic acids is 1. The Morgan fingerprint density at radius 3 is 2.20 bits per heavy atom. The van der Waals surface area contributed by atoms with Crippen LogP contribution in [0.2, 0.25) is 0 Å². The van der Waals surface area contributed by atoms with Crippen LogP contribution < -0.4 is 0 Å². The fraction of sp³-hybridized carbons (Fsp3) is 0.800. The maximum absolute atomic E-state index is 9.98. The average molecular weight is 150 g/mol. The normalized spacial score (nSPS) is 19.6. The van der Waals surface area contributed by atoms with Crippen molar-refractivity contribution in [3.05, 3.63) is 0 Å². The number of aliphatic hydroxyl groups excluding tert-OH is 2. The van der Waals surface area contributed by atoms with Gasteiger partial charge in [-0.25, -0.2) is 4.79 Å². The van der Waals surface area contributed by atoms with Crippen LogP contribution in [-0.4, -0.2) is 44.7 Å². The molecule has 0 heterocycles. The smallest absolute Gasteiger partial charge is 0.335 e. The van der Waals surface area contributed by atoms with Crippen molar-refractivity contribution in [2.24, 2.45) is 0 Å². The van der Waals surface area contributed by atoms with E-state index in [1.165, 1.54) is 0 Å². The second kappa shape index (κ2) is 2.96. The van der Waals surface area contributed by atoms with Crippen LogP contribution in [0.4, 0.5) is 0 Å². The second-order valence-electron chi connectivity index (χ2n) is 2.26. The molecule has 0 fully saturated rings. The first kappa shape index (κ1) is 9.35. The Kier molecular flexibility index (Phi) is 2.77. The van der Waals surface area contributed by atoms with Crippen LogP contribution in [0.5, 0.6) is 0 Å². The van der Waals surface area contributed by atoms with Gasteiger partial charge in [0.1, 0.15) is 5.60 Å². The predicted molar refractivity (Wildman–Crippen MR) is 31.4 cm³/mol. The molecule has 0 aliphatic carbocycles. The second-order valence-corrected chi connectivity index (χ2v) is 2.26. The molecule has 0 radical (unpaired) electrons. The summed E-state index contributed by atoms with van der Waals surface area (Å²) in [6.07, 6.45) is -1.95. The Labute approximate surface area is 57.5 Å². The van der Waals surface area contributed by atoms with Crippen molar-refractivity contribution in [2.75, 3.05) is 6.61 Å². The molecule has 60 valence electrons. The van der Waals surface area contributed by atoms with Crippen LogP contribution >= 0.6 is 0 Å². The molecule has 0 aliphatic rings. The lowest BCUT2D eigenvalue weighted by molar-refractivity contribution is -0.165. The first-order valence-corrected chi connectivity index (χ1v) is 2.66. The minimum atomic E-state index is -1.97. The van der Waals surface area contributed by atoms with E-state index in [0.29, 0.717) is 0 Å². The zero-order valence-corrected chi connectivity index (χ0v) is 5.48. The van der Waals surface area contributed by atoms with Gasteiger partial charge in [0.25, 0.3) is 0 Å². The highest BCUT2D eigenvalue weighted by Crippen LogP contribution is 2.07. The van der Waals surface area contributed by atoms with Crippen molar-refractivity contribution in [1.82, 2.24) is 0 Å². The van der Waals surface area contributed by atoms with Crippen molar-refractivity contribution in [1.29, 1.82) is 0 Å². The Bertz CT molecular complexity index is 130. The Balaban J connectivity index is 4.17. The number of carbonyl (C=O) groups is 1. The lowest BCUT2D eigenvalue weighted by Crippen LogP contribution is -2.47. The van der Waals surface area contributed by atoms with Gasteiger partial charge in [-0.15, -0.1) is 0 Å². The molecule has 0 aromatic heterocycles. The molecule has 0 aromatic rings. The van der Waals surface area contributed by atoms with Gasteiger partial charge in [-0.3, -0.25) is 0 Å². The van der Waals surface area contributed by atoms with Crippen LogP contribution in [0.25, 0.3) is 0 Å². The number of hydrogen-bond acceptors (Lipinski definition) is 4. The fourth-order valence-electron chi connectivity index (χ4n) is 0.352. The summed E-state index contributed by atoms with van der Waals surface area (Å²) in [4.78, 5) is 9.98. The Morgan fingerprint density at radius 1 is 1.70 bits per heavy atom. The summed E-state index contributed by atoms with van der Waals surface area (Å²) in [5.74, 6) is -1.56. The molecule has 0 spiro atoms. The molecule has 5 heteroatoms. The first-order valence-electron chi connectivity index (χ1n) is 2.66. The quantitative estimate of drug-likeness (QED) is 0.379. The van der Waals surface area contributed by atoms with E-state index in [4.69, 9.17) is 20.4 Å². The summed E-state index contributed by atoms with van der Waals surface area (Å²) in [6, 6.07) is 0. The average Bonchev–Trinajstić information content (AvgIpc) is 1.86. The van der Waals surface area contributed by atoms with Gasteiger partial charge in [-0.1, -0.05) is 0 Å². The largest absolute Gasteiger partial charge is 0.479 e. The van der Waals surface area contributed by atoms with Gasteiger partial charge in [0, 0.05) is 0 Å². The zero-order chi connectivity index (χ0) is 8.36. The van der Waals surface area contributed by atoms with Gasteiger partial charge in [-0.2, -0.15) is 0 Å². The van der Waals surface area contributed by atoms with E-state index in [1.54, 1.807) is 0 Å². The molecule has 2 unspecified atom stereocenters. The standard InChI is InChI=1S/C5H10O5/c1-5(10,2-6)3(7)4(8)9/h3,6-7,10H,2H2,1H3,(H,8,9). The molecule has 0 amide bonds. The van der Waals surface area contributed by atoms with Crippen LogP contribution in [0.1, 0.15) is 6.92 Å². The predicted octanol–water partition coefficient (Wildman–Crippen LogP) is -1.82. The maximum atomic E-state index is 9.98. The highest BCUT2D eigenvalue weighted by Gasteiger charge is 2.35. The lowest BCUT2D eigenvalue weighted by Gasteiger charge is -2.22. The van der Waals surface area contributed by atoms with E-state index in [2.05, 4.69) is 0 Å². The number of carboxylic acid groups (broad SMARTS) is 1. The molecule has 4 N–H and O–H groups in total. The molecule has 0 saturated carbocycles. The van der Waals surface area contributed by atoms with E-state index in [0.717, 1.165) is 6.92 Å². The SMILES string of the molecule is CC(O)(CO)C(O)C(=O)O. The fourth-order valence-corrected chi connectivity index (χ4v) is 0.352. The summed E-state index contributed by atoms with van der Waals surface area (Å²) in [6.45, 7) is 0.242. The minimum Gasteiger partial charge on any atom is -0.479 e. The van der Waals surface area contributed by atoms with E-state index in [1.807, 2.05) is 0 Å². The van der Waals surface area contributed by atoms with Gasteiger partial charge in [0.15, 0.2) is 6.10 Å². The number of carboxylic acids is 1. The summed E-state index contributed by atoms with van der Waals surface area (Å²) in [5, 5.41) is 34.0. The third-order valence-corrected chi connectivity index (χ3v) is 1.14. The monoisotopic (exact) mass is 150 g/mol. The number of rotatable bonds is 3. The third kappa shape index (κ3) is 1.94. The molecule has 0 aliphatic heterocycles. The van der Waals surface area contributed by atoms with Gasteiger partial charge in [0.05, 0.1) is 6.61 Å². The summed E-state index contributed by atoms with van der Waals surface area (Å²) < 4.78 is 0. The summed E-state index contributed by atoms with van der Waals surface area (Å²) in [7, 11) is 0. The highest BCUT2D eigenvalue weighted by molar-refractivity contribution is 5.73. The molecular formula is C5H10O5. The Hall–Kier alpha value is -0.650. The van der Waals surface area contributed by atoms with E-state index in [-0.39, 0.29) is 0 Å². The van der Waals surface area contributed by atoms with E-state index >= 15 is 0 Å². The molecular weight excluding hydrogens is 140 g/mol. The van der Waals surface area contributed by atoms with Crippen molar-refractivity contribution in [3.63, 3.8) is 0 Å². The number of hydrogen-bond donors (Lipinski definition) is 4. The first-order chi connectivity index (χ1) is 4.41. The summed E-state index contributed by atoms with van der Waals surface area (Å²) >= 11 is 0. The summed E-state index contributed by atoms with van der Waals surface area (Å²) in [5.41, 5.74) is -1.97. The van der Waals surface area contributed by atoms with Crippen LogP contribution in [-0.2, 0) is 4.79 Å². The third-order valence-electron chi connectivity index (χ3n) is 1.14. The zero-order valence-electron chi connectivity index (χ0n) is 5.48. The van der Waals surface area contributed by atoms with Crippen molar-refractivity contribution >= 4 is 5.97 Å². The number of aliphatic hydroxyl groups is 3. The molecule has 0 rings (SSSR count). The molecule has 0 saturated heterocycles. The molecule has 0 bridgehead atoms. The van der Waals surface area contributed by atoms with Gasteiger partial charge in [-0.05, 0) is 6.92 Å². The van der Waals surface area contributed by atoms with Gasteiger partial charge < -0.3 is 20.4 Å². The highest BCUT2D eigenvalue weighted by atomic mass is 16.4. The van der Waals surface area contributed by atoms with Crippen molar-refractivity contribution in [2.45, 2.75) is 18.6 Å². The maximum Gasteiger partial charge on any atom is 0.335 e. The lowest BCUT2D eigenvalue weighted by atomic mass is 10.0. The molecule has 0 aromatic carbocycles.